The Bertz CT molecular complexity index is 1410. The van der Waals surface area contributed by atoms with Crippen molar-refractivity contribution in [2.24, 2.45) is 0 Å². The van der Waals surface area contributed by atoms with Crippen molar-refractivity contribution in [2.75, 3.05) is 0 Å². The number of aryl methyl sites for hydroxylation is 1. The monoisotopic (exact) mass is 480 g/mol. The fourth-order valence-corrected chi connectivity index (χ4v) is 4.30. The van der Waals surface area contributed by atoms with E-state index in [2.05, 4.69) is 4.98 Å². The molecule has 1 unspecified atom stereocenters. The summed E-state index contributed by atoms with van der Waals surface area (Å²) in [5.74, 6) is -0.569. The molecule has 5 rings (SSSR count). The largest absolute Gasteiger partial charge is 0.507 e. The number of aromatic nitrogens is 1. The standard InChI is InChI=1S/C29H24N2O5/c1-19-6-2-3-7-22(19)18-36-23-12-10-20(11-13-23)27(32)25-26(21-8-4-14-30-16-21)31(29(34)28(25)33)17-24-9-5-15-35-24/h2-16,26,32H,17-18H2,1H3/b27-25+. The highest BCUT2D eigenvalue weighted by Gasteiger charge is 2.46. The van der Waals surface area contributed by atoms with E-state index in [1.807, 2.05) is 31.2 Å². The van der Waals surface area contributed by atoms with E-state index < -0.39 is 17.7 Å². The molecule has 0 radical (unpaired) electrons. The summed E-state index contributed by atoms with van der Waals surface area (Å²) >= 11 is 0. The summed E-state index contributed by atoms with van der Waals surface area (Å²) in [6.45, 7) is 2.52. The summed E-state index contributed by atoms with van der Waals surface area (Å²) in [7, 11) is 0. The summed E-state index contributed by atoms with van der Waals surface area (Å²) in [5, 5.41) is 11.2. The molecule has 36 heavy (non-hydrogen) atoms. The van der Waals surface area contributed by atoms with Gasteiger partial charge in [-0.1, -0.05) is 30.3 Å². The molecule has 1 fully saturated rings. The van der Waals surface area contributed by atoms with Crippen LogP contribution < -0.4 is 4.74 Å². The molecular formula is C29H24N2O5. The number of furan rings is 1. The number of aliphatic hydroxyl groups excluding tert-OH is 1. The zero-order chi connectivity index (χ0) is 25.1. The van der Waals surface area contributed by atoms with Crippen LogP contribution in [-0.4, -0.2) is 26.7 Å². The van der Waals surface area contributed by atoms with Gasteiger partial charge in [0, 0.05) is 18.0 Å². The molecular weight excluding hydrogens is 456 g/mol. The van der Waals surface area contributed by atoms with E-state index in [-0.39, 0.29) is 17.9 Å². The second-order valence-corrected chi connectivity index (χ2v) is 8.53. The molecule has 1 amide bonds. The number of benzene rings is 2. The zero-order valence-electron chi connectivity index (χ0n) is 19.6. The molecule has 1 saturated heterocycles. The third-order valence-electron chi connectivity index (χ3n) is 6.23. The number of aliphatic hydroxyl groups is 1. The van der Waals surface area contributed by atoms with E-state index in [0.29, 0.717) is 29.2 Å². The van der Waals surface area contributed by atoms with Gasteiger partial charge in [-0.25, -0.2) is 0 Å². The molecule has 7 nitrogen and oxygen atoms in total. The number of likely N-dealkylation sites (tertiary alicyclic amines) is 1. The van der Waals surface area contributed by atoms with Crippen molar-refractivity contribution < 1.29 is 23.8 Å². The molecule has 0 aliphatic carbocycles. The van der Waals surface area contributed by atoms with Gasteiger partial charge >= 0.3 is 0 Å². The molecule has 2 aromatic heterocycles. The summed E-state index contributed by atoms with van der Waals surface area (Å²) in [4.78, 5) is 31.7. The van der Waals surface area contributed by atoms with Crippen molar-refractivity contribution in [3.05, 3.63) is 125 Å². The van der Waals surface area contributed by atoms with Gasteiger partial charge in [-0.3, -0.25) is 14.6 Å². The van der Waals surface area contributed by atoms with Gasteiger partial charge in [-0.2, -0.15) is 0 Å². The Morgan fingerprint density at radius 1 is 1.03 bits per heavy atom. The lowest BCUT2D eigenvalue weighted by atomic mass is 9.96. The van der Waals surface area contributed by atoms with Crippen LogP contribution in [0.2, 0.25) is 0 Å². The minimum atomic E-state index is -0.805. The van der Waals surface area contributed by atoms with Gasteiger partial charge in [-0.15, -0.1) is 0 Å². The maximum Gasteiger partial charge on any atom is 0.296 e. The Hall–Kier alpha value is -4.65. The minimum absolute atomic E-state index is 0.00753. The van der Waals surface area contributed by atoms with Gasteiger partial charge in [0.2, 0.25) is 0 Å². The summed E-state index contributed by atoms with van der Waals surface area (Å²) in [6.07, 6.45) is 4.70. The number of carbonyl (C=O) groups is 2. The average Bonchev–Trinajstić information content (AvgIpc) is 3.51. The number of carbonyl (C=O) groups excluding carboxylic acids is 2. The van der Waals surface area contributed by atoms with Gasteiger partial charge in [0.05, 0.1) is 24.4 Å². The quantitative estimate of drug-likeness (QED) is 0.222. The first-order chi connectivity index (χ1) is 17.5. The smallest absolute Gasteiger partial charge is 0.296 e. The van der Waals surface area contributed by atoms with Gasteiger partial charge in [0.1, 0.15) is 23.9 Å². The van der Waals surface area contributed by atoms with Gasteiger partial charge < -0.3 is 19.2 Å². The third kappa shape index (κ3) is 4.51. The highest BCUT2D eigenvalue weighted by atomic mass is 16.5. The van der Waals surface area contributed by atoms with Crippen LogP contribution in [0.4, 0.5) is 0 Å². The van der Waals surface area contributed by atoms with Crippen LogP contribution in [0.1, 0.15) is 34.1 Å². The van der Waals surface area contributed by atoms with Crippen LogP contribution in [0.3, 0.4) is 0 Å². The molecule has 0 bridgehead atoms. The number of ketones is 1. The number of pyridine rings is 1. The van der Waals surface area contributed by atoms with E-state index in [1.54, 1.807) is 60.9 Å². The van der Waals surface area contributed by atoms with Crippen molar-refractivity contribution in [2.45, 2.75) is 26.1 Å². The first kappa shape index (κ1) is 23.1. The van der Waals surface area contributed by atoms with Crippen molar-refractivity contribution in [1.29, 1.82) is 0 Å². The third-order valence-corrected chi connectivity index (χ3v) is 6.23. The fourth-order valence-electron chi connectivity index (χ4n) is 4.30. The van der Waals surface area contributed by atoms with Crippen LogP contribution in [0.15, 0.2) is 101 Å². The normalized spacial score (nSPS) is 16.9. The fraction of sp³-hybridized carbons (Fsp3) is 0.138. The average molecular weight is 481 g/mol. The van der Waals surface area contributed by atoms with Crippen LogP contribution in [-0.2, 0) is 22.7 Å². The molecule has 0 saturated carbocycles. The lowest BCUT2D eigenvalue weighted by molar-refractivity contribution is -0.140. The predicted molar refractivity (Wildman–Crippen MR) is 133 cm³/mol. The lowest BCUT2D eigenvalue weighted by Crippen LogP contribution is -2.29. The maximum atomic E-state index is 13.1. The van der Waals surface area contributed by atoms with Crippen molar-refractivity contribution in [3.63, 3.8) is 0 Å². The van der Waals surface area contributed by atoms with Gasteiger partial charge in [0.25, 0.3) is 11.7 Å². The van der Waals surface area contributed by atoms with E-state index in [1.165, 1.54) is 11.2 Å². The summed E-state index contributed by atoms with van der Waals surface area (Å²) in [5.41, 5.74) is 3.25. The molecule has 0 spiro atoms. The minimum Gasteiger partial charge on any atom is -0.507 e. The number of amides is 1. The van der Waals surface area contributed by atoms with Crippen LogP contribution in [0, 0.1) is 6.92 Å². The van der Waals surface area contributed by atoms with E-state index in [0.717, 1.165) is 11.1 Å². The first-order valence-corrected chi connectivity index (χ1v) is 11.5. The highest BCUT2D eigenvalue weighted by Crippen LogP contribution is 2.40. The van der Waals surface area contributed by atoms with Gasteiger partial charge in [0.15, 0.2) is 0 Å². The van der Waals surface area contributed by atoms with E-state index >= 15 is 0 Å². The number of nitrogens with zero attached hydrogens (tertiary/aromatic N) is 2. The Labute approximate surface area is 208 Å². The van der Waals surface area contributed by atoms with Crippen LogP contribution >= 0.6 is 0 Å². The van der Waals surface area contributed by atoms with Crippen LogP contribution in [0.5, 0.6) is 5.75 Å². The molecule has 180 valence electrons. The zero-order valence-corrected chi connectivity index (χ0v) is 19.6. The van der Waals surface area contributed by atoms with Gasteiger partial charge in [-0.05, 0) is 66.1 Å². The number of hydrogen-bond donors (Lipinski definition) is 1. The first-order valence-electron chi connectivity index (χ1n) is 11.5. The lowest BCUT2D eigenvalue weighted by Gasteiger charge is -2.24. The second kappa shape index (κ2) is 9.92. The molecule has 3 heterocycles. The van der Waals surface area contributed by atoms with Crippen molar-refractivity contribution in [1.82, 2.24) is 9.88 Å². The Balaban J connectivity index is 1.46. The molecule has 4 aromatic rings. The second-order valence-electron chi connectivity index (χ2n) is 8.53. The number of hydrogen-bond acceptors (Lipinski definition) is 6. The molecule has 1 aliphatic heterocycles. The highest BCUT2D eigenvalue weighted by molar-refractivity contribution is 6.46. The predicted octanol–water partition coefficient (Wildman–Crippen LogP) is 5.18. The summed E-state index contributed by atoms with van der Waals surface area (Å²) in [6, 6.07) is 20.9. The van der Waals surface area contributed by atoms with Crippen LogP contribution in [0.25, 0.3) is 5.76 Å². The molecule has 1 N–H and O–H groups in total. The molecule has 1 aliphatic rings. The Kier molecular flexibility index (Phi) is 6.36. The Morgan fingerprint density at radius 2 is 1.83 bits per heavy atom. The molecule has 2 aromatic carbocycles. The summed E-state index contributed by atoms with van der Waals surface area (Å²) < 4.78 is 11.3. The van der Waals surface area contributed by atoms with Crippen molar-refractivity contribution in [3.8, 4) is 5.75 Å². The topological polar surface area (TPSA) is 92.9 Å². The maximum absolute atomic E-state index is 13.1. The van der Waals surface area contributed by atoms with E-state index in [9.17, 15) is 14.7 Å². The SMILES string of the molecule is Cc1ccccc1COc1ccc(/C(O)=C2\C(=O)C(=O)N(Cc3ccco3)C2c2cccnc2)cc1. The molecule has 7 heteroatoms. The number of ether oxygens (including phenoxy) is 1. The number of rotatable bonds is 7. The van der Waals surface area contributed by atoms with Crippen molar-refractivity contribution >= 4 is 17.4 Å². The van der Waals surface area contributed by atoms with E-state index in [4.69, 9.17) is 9.15 Å². The molecule has 1 atom stereocenters. The number of Topliss-reactive ketones (excluding diaryl/α,β-unsaturated/α-hetero) is 1. The Morgan fingerprint density at radius 3 is 2.53 bits per heavy atom.